The number of rotatable bonds is 7. The van der Waals surface area contributed by atoms with E-state index in [1.807, 2.05) is 23.1 Å². The fourth-order valence-corrected chi connectivity index (χ4v) is 5.11. The summed E-state index contributed by atoms with van der Waals surface area (Å²) in [6.07, 6.45) is 3.42. The number of ether oxygens (including phenoxy) is 1. The number of aromatic nitrogens is 3. The molecule has 1 aliphatic carbocycles. The number of hydrogen-bond acceptors (Lipinski definition) is 5. The van der Waals surface area contributed by atoms with Crippen molar-refractivity contribution in [3.05, 3.63) is 35.1 Å². The van der Waals surface area contributed by atoms with Gasteiger partial charge in [0.2, 0.25) is 5.91 Å². The third-order valence-corrected chi connectivity index (χ3v) is 6.63. The number of thioether (sulfide) groups is 1. The molecule has 6 nitrogen and oxygen atoms in total. The summed E-state index contributed by atoms with van der Waals surface area (Å²) in [6.45, 7) is 6.46. The first-order chi connectivity index (χ1) is 14.0. The molecule has 1 amide bonds. The van der Waals surface area contributed by atoms with E-state index in [1.165, 1.54) is 18.2 Å². The molecule has 2 heterocycles. The summed E-state index contributed by atoms with van der Waals surface area (Å²) in [4.78, 5) is 14.7. The van der Waals surface area contributed by atoms with E-state index in [4.69, 9.17) is 16.3 Å². The van der Waals surface area contributed by atoms with Gasteiger partial charge in [-0.2, -0.15) is 0 Å². The summed E-state index contributed by atoms with van der Waals surface area (Å²) in [5.74, 6) is 3.13. The van der Waals surface area contributed by atoms with Gasteiger partial charge in [0, 0.05) is 19.1 Å². The van der Waals surface area contributed by atoms with Crippen LogP contribution in [0, 0.1) is 11.8 Å². The quantitative estimate of drug-likeness (QED) is 0.603. The van der Waals surface area contributed by atoms with Crippen molar-refractivity contribution in [1.82, 2.24) is 19.7 Å². The largest absolute Gasteiger partial charge is 0.484 e. The standard InChI is InChI=1S/C21H27ClN4O2S/c1-14-9-15(2)11-25(10-14)20(27)13-29-21-24-23-19(26(21)16-7-8-16)12-28-18-6-4-3-5-17(18)22/h3-6,14-16H,7-13H2,1-2H3. The zero-order valence-electron chi connectivity index (χ0n) is 16.9. The van der Waals surface area contributed by atoms with Gasteiger partial charge < -0.3 is 9.64 Å². The van der Waals surface area contributed by atoms with Gasteiger partial charge in [0.25, 0.3) is 0 Å². The Bertz CT molecular complexity index is 860. The average molecular weight is 435 g/mol. The van der Waals surface area contributed by atoms with Crippen LogP contribution in [0.5, 0.6) is 5.75 Å². The number of para-hydroxylation sites is 1. The summed E-state index contributed by atoms with van der Waals surface area (Å²) in [5, 5.41) is 10.1. The molecule has 1 saturated heterocycles. The van der Waals surface area contributed by atoms with Crippen molar-refractivity contribution >= 4 is 29.3 Å². The van der Waals surface area contributed by atoms with Crippen LogP contribution in [0.4, 0.5) is 0 Å². The molecule has 8 heteroatoms. The molecule has 29 heavy (non-hydrogen) atoms. The lowest BCUT2D eigenvalue weighted by molar-refractivity contribution is -0.130. The van der Waals surface area contributed by atoms with Crippen molar-refractivity contribution in [2.45, 2.75) is 50.9 Å². The molecule has 1 aromatic carbocycles. The number of halogens is 1. The lowest BCUT2D eigenvalue weighted by atomic mass is 9.92. The predicted molar refractivity (Wildman–Crippen MR) is 114 cm³/mol. The topological polar surface area (TPSA) is 60.3 Å². The van der Waals surface area contributed by atoms with Crippen LogP contribution >= 0.6 is 23.4 Å². The second kappa shape index (κ2) is 8.96. The SMILES string of the molecule is CC1CC(C)CN(C(=O)CSc2nnc(COc3ccccc3Cl)n2C2CC2)C1. The monoisotopic (exact) mass is 434 g/mol. The van der Waals surface area contributed by atoms with E-state index in [1.54, 1.807) is 6.07 Å². The molecule has 4 rings (SSSR count). The van der Waals surface area contributed by atoms with Crippen LogP contribution in [0.25, 0.3) is 0 Å². The molecule has 1 aromatic heterocycles. The Morgan fingerprint density at radius 3 is 2.62 bits per heavy atom. The summed E-state index contributed by atoms with van der Waals surface area (Å²) in [7, 11) is 0. The zero-order chi connectivity index (χ0) is 20.4. The maximum Gasteiger partial charge on any atom is 0.233 e. The van der Waals surface area contributed by atoms with Gasteiger partial charge in [-0.3, -0.25) is 9.36 Å². The number of nitrogens with zero attached hydrogens (tertiary/aromatic N) is 4. The van der Waals surface area contributed by atoms with Crippen molar-refractivity contribution in [1.29, 1.82) is 0 Å². The van der Waals surface area contributed by atoms with Crippen LogP contribution in [0.2, 0.25) is 5.02 Å². The molecule has 0 spiro atoms. The molecule has 2 aromatic rings. The Labute approximate surface area is 181 Å². The fourth-order valence-electron chi connectivity index (χ4n) is 3.99. The Kier molecular flexibility index (Phi) is 6.35. The van der Waals surface area contributed by atoms with E-state index in [2.05, 4.69) is 28.6 Å². The average Bonchev–Trinajstić information content (AvgIpc) is 3.45. The van der Waals surface area contributed by atoms with Crippen LogP contribution in [0.3, 0.4) is 0 Å². The lowest BCUT2D eigenvalue weighted by Gasteiger charge is -2.34. The van der Waals surface area contributed by atoms with E-state index in [9.17, 15) is 4.79 Å². The Morgan fingerprint density at radius 1 is 1.21 bits per heavy atom. The molecule has 0 radical (unpaired) electrons. The van der Waals surface area contributed by atoms with Crippen LogP contribution in [-0.4, -0.2) is 44.4 Å². The number of hydrogen-bond donors (Lipinski definition) is 0. The van der Waals surface area contributed by atoms with Crippen molar-refractivity contribution in [3.63, 3.8) is 0 Å². The molecule has 0 bridgehead atoms. The highest BCUT2D eigenvalue weighted by Crippen LogP contribution is 2.39. The highest BCUT2D eigenvalue weighted by atomic mass is 35.5. The van der Waals surface area contributed by atoms with Gasteiger partial charge >= 0.3 is 0 Å². The lowest BCUT2D eigenvalue weighted by Crippen LogP contribution is -2.43. The van der Waals surface area contributed by atoms with Crippen molar-refractivity contribution in [3.8, 4) is 5.75 Å². The van der Waals surface area contributed by atoms with E-state index in [-0.39, 0.29) is 5.91 Å². The smallest absolute Gasteiger partial charge is 0.233 e. The molecule has 2 atom stereocenters. The number of carbonyl (C=O) groups is 1. The third-order valence-electron chi connectivity index (χ3n) is 5.39. The first-order valence-electron chi connectivity index (χ1n) is 10.2. The van der Waals surface area contributed by atoms with Crippen molar-refractivity contribution in [2.75, 3.05) is 18.8 Å². The van der Waals surface area contributed by atoms with E-state index < -0.39 is 0 Å². The molecular formula is C21H27ClN4O2S. The Balaban J connectivity index is 1.39. The second-order valence-electron chi connectivity index (χ2n) is 8.25. The van der Waals surface area contributed by atoms with Crippen LogP contribution in [-0.2, 0) is 11.4 Å². The summed E-state index contributed by atoms with van der Waals surface area (Å²) >= 11 is 7.66. The van der Waals surface area contributed by atoms with Gasteiger partial charge in [0.15, 0.2) is 11.0 Å². The van der Waals surface area contributed by atoms with E-state index in [0.717, 1.165) is 36.9 Å². The van der Waals surface area contributed by atoms with Gasteiger partial charge in [-0.05, 0) is 43.2 Å². The molecule has 0 N–H and O–H groups in total. The van der Waals surface area contributed by atoms with Crippen molar-refractivity contribution in [2.24, 2.45) is 11.8 Å². The number of amides is 1. The summed E-state index contributed by atoms with van der Waals surface area (Å²) < 4.78 is 7.99. The van der Waals surface area contributed by atoms with Gasteiger partial charge in [0.05, 0.1) is 10.8 Å². The molecule has 2 fully saturated rings. The highest BCUT2D eigenvalue weighted by Gasteiger charge is 2.31. The fraction of sp³-hybridized carbons (Fsp3) is 0.571. The second-order valence-corrected chi connectivity index (χ2v) is 9.60. The van der Waals surface area contributed by atoms with E-state index >= 15 is 0 Å². The van der Waals surface area contributed by atoms with Gasteiger partial charge in [-0.1, -0.05) is 49.3 Å². The third kappa shape index (κ3) is 5.07. The molecule has 2 aliphatic rings. The van der Waals surface area contributed by atoms with E-state index in [0.29, 0.717) is 41.0 Å². The summed E-state index contributed by atoms with van der Waals surface area (Å²) in [6, 6.07) is 7.81. The number of piperidine rings is 1. The van der Waals surface area contributed by atoms with Crippen LogP contribution in [0.15, 0.2) is 29.4 Å². The number of benzene rings is 1. The van der Waals surface area contributed by atoms with Gasteiger partial charge in [-0.25, -0.2) is 0 Å². The zero-order valence-corrected chi connectivity index (χ0v) is 18.5. The first-order valence-corrected chi connectivity index (χ1v) is 11.6. The minimum absolute atomic E-state index is 0.188. The Morgan fingerprint density at radius 2 is 1.93 bits per heavy atom. The highest BCUT2D eigenvalue weighted by molar-refractivity contribution is 7.99. The molecule has 1 aliphatic heterocycles. The predicted octanol–water partition coefficient (Wildman–Crippen LogP) is 4.44. The minimum Gasteiger partial charge on any atom is -0.484 e. The normalized spacial score (nSPS) is 22.0. The van der Waals surface area contributed by atoms with Gasteiger partial charge in [-0.15, -0.1) is 10.2 Å². The van der Waals surface area contributed by atoms with Crippen LogP contribution in [0.1, 0.15) is 45.0 Å². The van der Waals surface area contributed by atoms with Gasteiger partial charge in [0.1, 0.15) is 12.4 Å². The number of carbonyl (C=O) groups excluding carboxylic acids is 1. The summed E-state index contributed by atoms with van der Waals surface area (Å²) in [5.41, 5.74) is 0. The molecular weight excluding hydrogens is 408 g/mol. The first kappa shape index (κ1) is 20.5. The number of likely N-dealkylation sites (tertiary alicyclic amines) is 1. The minimum atomic E-state index is 0.188. The van der Waals surface area contributed by atoms with Crippen molar-refractivity contribution < 1.29 is 9.53 Å². The molecule has 1 saturated carbocycles. The maximum atomic E-state index is 12.7. The molecule has 2 unspecified atom stereocenters. The van der Waals surface area contributed by atoms with Crippen LogP contribution < -0.4 is 4.74 Å². The molecule has 156 valence electrons. The maximum absolute atomic E-state index is 12.7. The Hall–Kier alpha value is -1.73.